The van der Waals surface area contributed by atoms with Crippen LogP contribution in [0.4, 0.5) is 0 Å². The first-order chi connectivity index (χ1) is 7.53. The number of nitrogens with one attached hydrogen (secondary N) is 1. The van der Waals surface area contributed by atoms with E-state index in [0.717, 1.165) is 25.7 Å². The Hall–Kier alpha value is -0.120. The summed E-state index contributed by atoms with van der Waals surface area (Å²) in [7, 11) is 0. The lowest BCUT2D eigenvalue weighted by Crippen LogP contribution is -2.43. The monoisotopic (exact) mass is 226 g/mol. The van der Waals surface area contributed by atoms with E-state index >= 15 is 0 Å². The zero-order chi connectivity index (χ0) is 11.8. The van der Waals surface area contributed by atoms with Gasteiger partial charge < -0.3 is 10.1 Å². The van der Waals surface area contributed by atoms with E-state index in [4.69, 9.17) is 4.74 Å². The van der Waals surface area contributed by atoms with Gasteiger partial charge in [0.2, 0.25) is 0 Å². The van der Waals surface area contributed by atoms with E-state index in [2.05, 4.69) is 37.9 Å². The SMILES string of the molecule is CC(C)NCC12COCC1CN(C(C)C)C2. The average molecular weight is 226 g/mol. The normalized spacial score (nSPS) is 35.2. The highest BCUT2D eigenvalue weighted by Gasteiger charge is 2.50. The van der Waals surface area contributed by atoms with Crippen molar-refractivity contribution in [2.24, 2.45) is 11.3 Å². The Morgan fingerprint density at radius 1 is 1.38 bits per heavy atom. The van der Waals surface area contributed by atoms with Crippen molar-refractivity contribution in [3.8, 4) is 0 Å². The van der Waals surface area contributed by atoms with E-state index in [1.54, 1.807) is 0 Å². The van der Waals surface area contributed by atoms with Gasteiger partial charge in [-0.15, -0.1) is 0 Å². The average Bonchev–Trinajstić information content (AvgIpc) is 2.70. The summed E-state index contributed by atoms with van der Waals surface area (Å²) in [6.45, 7) is 14.5. The highest BCUT2D eigenvalue weighted by atomic mass is 16.5. The molecule has 2 unspecified atom stereocenters. The number of likely N-dealkylation sites (tertiary alicyclic amines) is 1. The molecule has 2 heterocycles. The minimum Gasteiger partial charge on any atom is -0.380 e. The number of fused-ring (bicyclic) bond motifs is 1. The van der Waals surface area contributed by atoms with Crippen molar-refractivity contribution in [2.75, 3.05) is 32.8 Å². The fourth-order valence-electron chi connectivity index (χ4n) is 2.92. The third kappa shape index (κ3) is 2.27. The second-order valence-electron chi connectivity index (χ2n) is 6.13. The van der Waals surface area contributed by atoms with Crippen LogP contribution in [0.2, 0.25) is 0 Å². The van der Waals surface area contributed by atoms with Crippen molar-refractivity contribution >= 4 is 0 Å². The van der Waals surface area contributed by atoms with Crippen LogP contribution < -0.4 is 5.32 Å². The van der Waals surface area contributed by atoms with Crippen LogP contribution in [0.15, 0.2) is 0 Å². The summed E-state index contributed by atoms with van der Waals surface area (Å²) < 4.78 is 5.71. The Morgan fingerprint density at radius 2 is 2.12 bits per heavy atom. The molecule has 0 bridgehead atoms. The first-order valence-corrected chi connectivity index (χ1v) is 6.59. The largest absolute Gasteiger partial charge is 0.380 e. The molecule has 0 aromatic heterocycles. The fourth-order valence-corrected chi connectivity index (χ4v) is 2.92. The molecule has 0 aromatic carbocycles. The minimum atomic E-state index is 0.383. The van der Waals surface area contributed by atoms with Gasteiger partial charge in [-0.2, -0.15) is 0 Å². The van der Waals surface area contributed by atoms with Crippen molar-refractivity contribution in [2.45, 2.75) is 39.8 Å². The minimum absolute atomic E-state index is 0.383. The third-order valence-corrected chi connectivity index (χ3v) is 4.14. The van der Waals surface area contributed by atoms with E-state index in [9.17, 15) is 0 Å². The lowest BCUT2D eigenvalue weighted by Gasteiger charge is -2.29. The van der Waals surface area contributed by atoms with Crippen LogP contribution in [0.1, 0.15) is 27.7 Å². The molecule has 1 N–H and O–H groups in total. The predicted molar refractivity (Wildman–Crippen MR) is 66.6 cm³/mol. The summed E-state index contributed by atoms with van der Waals surface area (Å²) in [4.78, 5) is 2.61. The Bertz CT molecular complexity index is 242. The van der Waals surface area contributed by atoms with Crippen LogP contribution in [0.25, 0.3) is 0 Å². The van der Waals surface area contributed by atoms with Gasteiger partial charge in [0.05, 0.1) is 13.2 Å². The van der Waals surface area contributed by atoms with E-state index in [1.807, 2.05) is 0 Å². The van der Waals surface area contributed by atoms with Crippen molar-refractivity contribution in [1.82, 2.24) is 10.2 Å². The molecule has 2 atom stereocenters. The maximum Gasteiger partial charge on any atom is 0.0551 e. The quantitative estimate of drug-likeness (QED) is 0.783. The molecule has 2 fully saturated rings. The zero-order valence-electron chi connectivity index (χ0n) is 11.1. The summed E-state index contributed by atoms with van der Waals surface area (Å²) in [5.41, 5.74) is 0.383. The maximum absolute atomic E-state index is 5.71. The molecule has 0 spiro atoms. The van der Waals surface area contributed by atoms with Crippen LogP contribution in [-0.4, -0.2) is 49.8 Å². The molecule has 2 aliphatic heterocycles. The van der Waals surface area contributed by atoms with Gasteiger partial charge in [-0.1, -0.05) is 13.8 Å². The van der Waals surface area contributed by atoms with Gasteiger partial charge in [0, 0.05) is 43.1 Å². The lowest BCUT2D eigenvalue weighted by atomic mass is 9.81. The summed E-state index contributed by atoms with van der Waals surface area (Å²) >= 11 is 0. The molecule has 0 amide bonds. The van der Waals surface area contributed by atoms with Crippen LogP contribution in [0.5, 0.6) is 0 Å². The molecule has 0 aliphatic carbocycles. The molecule has 3 heteroatoms. The third-order valence-electron chi connectivity index (χ3n) is 4.14. The highest BCUT2D eigenvalue weighted by molar-refractivity contribution is 5.01. The Morgan fingerprint density at radius 3 is 2.75 bits per heavy atom. The summed E-state index contributed by atoms with van der Waals surface area (Å²) in [6, 6.07) is 1.24. The van der Waals surface area contributed by atoms with Crippen LogP contribution in [0, 0.1) is 11.3 Å². The molecule has 0 aromatic rings. The standard InChI is InChI=1S/C13H26N2O/c1-10(2)14-7-13-8-15(11(3)4)5-12(13)6-16-9-13/h10-12,14H,5-9H2,1-4H3. The lowest BCUT2D eigenvalue weighted by molar-refractivity contribution is 0.118. The highest BCUT2D eigenvalue weighted by Crippen LogP contribution is 2.41. The van der Waals surface area contributed by atoms with Gasteiger partial charge in [0.25, 0.3) is 0 Å². The number of hydrogen-bond donors (Lipinski definition) is 1. The molecule has 2 rings (SSSR count). The van der Waals surface area contributed by atoms with Crippen molar-refractivity contribution in [3.63, 3.8) is 0 Å². The summed E-state index contributed by atoms with van der Waals surface area (Å²) in [5.74, 6) is 0.737. The van der Waals surface area contributed by atoms with Gasteiger partial charge in [-0.25, -0.2) is 0 Å². The van der Waals surface area contributed by atoms with Gasteiger partial charge in [-0.3, -0.25) is 4.90 Å². The van der Waals surface area contributed by atoms with Gasteiger partial charge >= 0.3 is 0 Å². The summed E-state index contributed by atoms with van der Waals surface area (Å²) in [5, 5.41) is 3.60. The first-order valence-electron chi connectivity index (χ1n) is 6.59. The maximum atomic E-state index is 5.71. The van der Waals surface area contributed by atoms with E-state index < -0.39 is 0 Å². The molecule has 3 nitrogen and oxygen atoms in total. The molecule has 94 valence electrons. The molecule has 16 heavy (non-hydrogen) atoms. The molecular weight excluding hydrogens is 200 g/mol. The van der Waals surface area contributed by atoms with Crippen LogP contribution in [-0.2, 0) is 4.74 Å². The number of hydrogen-bond acceptors (Lipinski definition) is 3. The molecule has 2 saturated heterocycles. The van der Waals surface area contributed by atoms with E-state index in [1.165, 1.54) is 13.1 Å². The van der Waals surface area contributed by atoms with Gasteiger partial charge in [0.15, 0.2) is 0 Å². The number of rotatable bonds is 4. The zero-order valence-corrected chi connectivity index (χ0v) is 11.1. The fraction of sp³-hybridized carbons (Fsp3) is 1.00. The topological polar surface area (TPSA) is 24.5 Å². The second kappa shape index (κ2) is 4.63. The first kappa shape index (κ1) is 12.3. The molecule has 2 aliphatic rings. The number of nitrogens with zero attached hydrogens (tertiary/aromatic N) is 1. The van der Waals surface area contributed by atoms with Crippen molar-refractivity contribution in [3.05, 3.63) is 0 Å². The second-order valence-corrected chi connectivity index (χ2v) is 6.13. The Labute approximate surface area is 99.5 Å². The van der Waals surface area contributed by atoms with Crippen LogP contribution in [0.3, 0.4) is 0 Å². The smallest absolute Gasteiger partial charge is 0.0551 e. The van der Waals surface area contributed by atoms with E-state index in [0.29, 0.717) is 17.5 Å². The van der Waals surface area contributed by atoms with Crippen molar-refractivity contribution in [1.29, 1.82) is 0 Å². The van der Waals surface area contributed by atoms with Crippen molar-refractivity contribution < 1.29 is 4.74 Å². The van der Waals surface area contributed by atoms with Gasteiger partial charge in [-0.05, 0) is 13.8 Å². The van der Waals surface area contributed by atoms with E-state index in [-0.39, 0.29) is 0 Å². The Balaban J connectivity index is 2.00. The van der Waals surface area contributed by atoms with Gasteiger partial charge in [0.1, 0.15) is 0 Å². The molecule has 0 radical (unpaired) electrons. The summed E-state index contributed by atoms with van der Waals surface area (Å²) in [6.07, 6.45) is 0. The van der Waals surface area contributed by atoms with Crippen LogP contribution >= 0.6 is 0 Å². The molecule has 0 saturated carbocycles. The predicted octanol–water partition coefficient (Wildman–Crippen LogP) is 1.34. The molecular formula is C13H26N2O. The number of ether oxygens (including phenoxy) is 1. The Kier molecular flexibility index (Phi) is 3.57.